The number of amides is 1. The first-order valence-electron chi connectivity index (χ1n) is 10.5. The highest BCUT2D eigenvalue weighted by molar-refractivity contribution is 9.10. The molecule has 1 aromatic heterocycles. The molecule has 0 saturated carbocycles. The van der Waals surface area contributed by atoms with Crippen LogP contribution in [-0.2, 0) is 14.9 Å². The van der Waals surface area contributed by atoms with Crippen molar-refractivity contribution in [3.05, 3.63) is 68.8 Å². The lowest BCUT2D eigenvalue weighted by molar-refractivity contribution is -0.384. The van der Waals surface area contributed by atoms with Crippen LogP contribution in [0, 0.1) is 10.1 Å². The molecule has 1 aliphatic heterocycles. The van der Waals surface area contributed by atoms with E-state index in [1.165, 1.54) is 11.1 Å². The molecule has 2 heterocycles. The largest absolute Gasteiger partial charge is 0.466 e. The highest BCUT2D eigenvalue weighted by Crippen LogP contribution is 2.40. The third-order valence-electron chi connectivity index (χ3n) is 5.82. The van der Waals surface area contributed by atoms with Crippen molar-refractivity contribution in [3.8, 4) is 0 Å². The second kappa shape index (κ2) is 9.26. The van der Waals surface area contributed by atoms with Crippen molar-refractivity contribution in [2.75, 3.05) is 25.0 Å². The zero-order chi connectivity index (χ0) is 24.5. The molecular weight excluding hydrogens is 508 g/mol. The zero-order valence-electron chi connectivity index (χ0n) is 18.2. The molecule has 0 unspecified atom stereocenters. The number of nitrogens with zero attached hydrogens (tertiary/aromatic N) is 3. The Kier molecular flexibility index (Phi) is 6.38. The molecule has 4 rings (SSSR count). The summed E-state index contributed by atoms with van der Waals surface area (Å²) >= 11 is 3.40. The molecule has 34 heavy (non-hydrogen) atoms. The van der Waals surface area contributed by atoms with Gasteiger partial charge in [0.05, 0.1) is 23.5 Å². The normalized spacial score (nSPS) is 14.4. The molecule has 176 valence electrons. The number of hydrogen-bond acceptors (Lipinski definition) is 7. The maximum absolute atomic E-state index is 12.2. The Hall–Kier alpha value is -3.73. The Morgan fingerprint density at radius 2 is 1.97 bits per heavy atom. The van der Waals surface area contributed by atoms with Gasteiger partial charge in [0.2, 0.25) is 0 Å². The lowest BCUT2D eigenvalue weighted by Gasteiger charge is -2.48. The van der Waals surface area contributed by atoms with Crippen molar-refractivity contribution in [1.29, 1.82) is 0 Å². The summed E-state index contributed by atoms with van der Waals surface area (Å²) in [5.41, 5.74) is 1.46. The number of nitro groups is 1. The number of benzene rings is 2. The highest BCUT2D eigenvalue weighted by Gasteiger charge is 2.48. The number of anilines is 2. The lowest BCUT2D eigenvalue weighted by atomic mass is 9.71. The highest BCUT2D eigenvalue weighted by atomic mass is 79.9. The van der Waals surface area contributed by atoms with E-state index in [0.29, 0.717) is 22.3 Å². The average molecular weight is 529 g/mol. The van der Waals surface area contributed by atoms with Gasteiger partial charge in [-0.3, -0.25) is 14.9 Å². The van der Waals surface area contributed by atoms with Gasteiger partial charge >= 0.3 is 17.7 Å². The van der Waals surface area contributed by atoms with Crippen LogP contribution in [-0.4, -0.2) is 51.7 Å². The number of carboxylic acid groups (broad SMARTS) is 1. The van der Waals surface area contributed by atoms with Gasteiger partial charge in [-0.15, -0.1) is 0 Å². The fourth-order valence-corrected chi connectivity index (χ4v) is 4.54. The van der Waals surface area contributed by atoms with E-state index in [1.54, 1.807) is 43.3 Å². The van der Waals surface area contributed by atoms with E-state index >= 15 is 0 Å². The van der Waals surface area contributed by atoms with Crippen LogP contribution >= 0.6 is 15.9 Å². The number of carbonyl (C=O) groups excluding carboxylic acids is 1. The summed E-state index contributed by atoms with van der Waals surface area (Å²) in [5, 5.41) is 24.6. The Balaban J connectivity index is 1.65. The number of aromatic nitrogens is 1. The number of hydrogen-bond donors (Lipinski definition) is 2. The molecule has 3 aromatic rings. The zero-order valence-corrected chi connectivity index (χ0v) is 19.7. The van der Waals surface area contributed by atoms with Gasteiger partial charge in [-0.25, -0.2) is 9.78 Å². The molecule has 11 heteroatoms. The fourth-order valence-electron chi connectivity index (χ4n) is 4.18. The maximum atomic E-state index is 12.2. The van der Waals surface area contributed by atoms with Gasteiger partial charge in [-0.05, 0) is 42.8 Å². The van der Waals surface area contributed by atoms with E-state index in [1.807, 2.05) is 6.07 Å². The number of likely N-dealkylation sites (tertiary alicyclic amines) is 1. The third kappa shape index (κ3) is 4.51. The number of halogens is 1. The molecule has 0 atom stereocenters. The number of nitrogens with one attached hydrogen (secondary N) is 1. The molecule has 0 bridgehead atoms. The van der Waals surface area contributed by atoms with Crippen LogP contribution in [0.3, 0.4) is 0 Å². The monoisotopic (exact) mass is 528 g/mol. The first-order valence-corrected chi connectivity index (χ1v) is 11.3. The molecule has 1 fully saturated rings. The fraction of sp³-hybridized carbons (Fsp3) is 0.261. The van der Waals surface area contributed by atoms with Crippen LogP contribution in [0.2, 0.25) is 0 Å². The summed E-state index contributed by atoms with van der Waals surface area (Å²) in [6, 6.07) is 12.4. The maximum Gasteiger partial charge on any atom is 0.407 e. The van der Waals surface area contributed by atoms with Crippen molar-refractivity contribution < 1.29 is 24.4 Å². The van der Waals surface area contributed by atoms with Gasteiger partial charge in [-0.2, -0.15) is 0 Å². The van der Waals surface area contributed by atoms with Gasteiger partial charge in [0.1, 0.15) is 11.9 Å². The minimum absolute atomic E-state index is 0.0614. The van der Waals surface area contributed by atoms with E-state index in [0.717, 1.165) is 10.0 Å². The Morgan fingerprint density at radius 3 is 2.59 bits per heavy atom. The lowest BCUT2D eigenvalue weighted by Crippen LogP contribution is -2.61. The van der Waals surface area contributed by atoms with Crippen molar-refractivity contribution in [1.82, 2.24) is 9.88 Å². The third-order valence-corrected chi connectivity index (χ3v) is 6.31. The number of rotatable bonds is 7. The molecule has 0 spiro atoms. The predicted octanol–water partition coefficient (Wildman–Crippen LogP) is 4.83. The van der Waals surface area contributed by atoms with Gasteiger partial charge in [0.25, 0.3) is 0 Å². The molecule has 2 N–H and O–H groups in total. The van der Waals surface area contributed by atoms with E-state index < -0.39 is 16.4 Å². The van der Waals surface area contributed by atoms with E-state index in [-0.39, 0.29) is 37.8 Å². The summed E-state index contributed by atoms with van der Waals surface area (Å²) < 4.78 is 5.85. The topological polar surface area (TPSA) is 135 Å². The Labute approximate surface area is 202 Å². The smallest absolute Gasteiger partial charge is 0.407 e. The molecule has 2 aromatic carbocycles. The second-order valence-electron chi connectivity index (χ2n) is 8.04. The Morgan fingerprint density at radius 1 is 1.26 bits per heavy atom. The number of esters is 1. The molecule has 1 amide bonds. The van der Waals surface area contributed by atoms with E-state index in [4.69, 9.17) is 4.74 Å². The van der Waals surface area contributed by atoms with Gasteiger partial charge in [-0.1, -0.05) is 28.1 Å². The minimum atomic E-state index is -1.04. The first kappa shape index (κ1) is 23.4. The van der Waals surface area contributed by atoms with Crippen LogP contribution in [0.1, 0.15) is 18.9 Å². The number of pyridine rings is 1. The SMILES string of the molecule is CCOC(=O)CC1(c2ccc(Nc3c([N+](=O)[O-])cnc4ccc(Br)cc34)cc2)CN(C(=O)O)C1. The molecule has 1 aliphatic rings. The summed E-state index contributed by atoms with van der Waals surface area (Å²) in [7, 11) is 0. The average Bonchev–Trinajstić information content (AvgIpc) is 2.76. The van der Waals surface area contributed by atoms with Crippen LogP contribution in [0.25, 0.3) is 10.9 Å². The van der Waals surface area contributed by atoms with Gasteiger partial charge < -0.3 is 20.1 Å². The van der Waals surface area contributed by atoms with Crippen molar-refractivity contribution in [2.45, 2.75) is 18.8 Å². The summed E-state index contributed by atoms with van der Waals surface area (Å²) in [5.74, 6) is -0.390. The molecule has 1 saturated heterocycles. The molecule has 0 aliphatic carbocycles. The van der Waals surface area contributed by atoms with Crippen LogP contribution in [0.5, 0.6) is 0 Å². The Bertz CT molecular complexity index is 1270. The van der Waals surface area contributed by atoms with E-state index in [2.05, 4.69) is 26.2 Å². The second-order valence-corrected chi connectivity index (χ2v) is 8.96. The van der Waals surface area contributed by atoms with Crippen molar-refractivity contribution in [3.63, 3.8) is 0 Å². The summed E-state index contributed by atoms with van der Waals surface area (Å²) in [6.45, 7) is 2.33. The molecule has 10 nitrogen and oxygen atoms in total. The minimum Gasteiger partial charge on any atom is -0.466 e. The summed E-state index contributed by atoms with van der Waals surface area (Å²) in [6.07, 6.45) is 0.239. The van der Waals surface area contributed by atoms with Crippen LogP contribution in [0.15, 0.2) is 53.1 Å². The summed E-state index contributed by atoms with van der Waals surface area (Å²) in [4.78, 5) is 40.1. The molecular formula is C23H21BrN4O6. The standard InChI is InChI=1S/C23H21BrN4O6/c1-2-34-20(29)10-23(12-27(13-23)22(30)31)14-3-6-16(7-4-14)26-21-17-9-15(24)5-8-18(17)25-11-19(21)28(32)33/h3-9,11H,2,10,12-13H2,1H3,(H,25,26)(H,30,31). The first-order chi connectivity index (χ1) is 16.2. The van der Waals surface area contributed by atoms with E-state index in [9.17, 15) is 24.8 Å². The molecule has 0 radical (unpaired) electrons. The predicted molar refractivity (Wildman–Crippen MR) is 128 cm³/mol. The quantitative estimate of drug-likeness (QED) is 0.252. The number of ether oxygens (including phenoxy) is 1. The number of carbonyl (C=O) groups is 2. The van der Waals surface area contributed by atoms with Crippen LogP contribution in [0.4, 0.5) is 21.9 Å². The number of fused-ring (bicyclic) bond motifs is 1. The van der Waals surface area contributed by atoms with Crippen LogP contribution < -0.4 is 5.32 Å². The van der Waals surface area contributed by atoms with Gasteiger partial charge in [0.15, 0.2) is 0 Å². The van der Waals surface area contributed by atoms with Gasteiger partial charge in [0, 0.05) is 34.1 Å². The van der Waals surface area contributed by atoms with Crippen molar-refractivity contribution in [2.24, 2.45) is 0 Å². The van der Waals surface area contributed by atoms with Crippen molar-refractivity contribution >= 4 is 56.0 Å².